The van der Waals surface area contributed by atoms with Crippen molar-refractivity contribution in [3.8, 4) is 0 Å². The number of aliphatic hydroxyl groups is 2. The first-order valence-electron chi connectivity index (χ1n) is 4.47. The molecule has 2 N–H and O–H groups in total. The van der Waals surface area contributed by atoms with Crippen molar-refractivity contribution < 1.29 is 10.2 Å². The summed E-state index contributed by atoms with van der Waals surface area (Å²) in [5.74, 6) is 0.220. The molecule has 0 rings (SSSR count). The second kappa shape index (κ2) is 7.98. The Morgan fingerprint density at radius 1 is 1.08 bits per heavy atom. The molecule has 0 aromatic carbocycles. The molecule has 0 atom stereocenters. The first kappa shape index (κ1) is 12.4. The fourth-order valence-electron chi connectivity index (χ4n) is 1.12. The lowest BCUT2D eigenvalue weighted by Crippen LogP contribution is -2.33. The summed E-state index contributed by atoms with van der Waals surface area (Å²) in [6, 6.07) is 0. The molecule has 0 amide bonds. The molecule has 0 saturated heterocycles. The maximum Gasteiger partial charge on any atom is 0.0558 e. The molecule has 0 spiro atoms. The largest absolute Gasteiger partial charge is 0.395 e. The van der Waals surface area contributed by atoms with Gasteiger partial charge in [0.05, 0.1) is 13.2 Å². The van der Waals surface area contributed by atoms with E-state index in [2.05, 4.69) is 13.2 Å². The van der Waals surface area contributed by atoms with Gasteiger partial charge in [0.1, 0.15) is 0 Å². The van der Waals surface area contributed by atoms with Gasteiger partial charge in [-0.25, -0.2) is 0 Å². The van der Waals surface area contributed by atoms with Crippen LogP contribution in [-0.2, 0) is 0 Å². The zero-order chi connectivity index (χ0) is 10.1. The van der Waals surface area contributed by atoms with E-state index in [0.717, 1.165) is 6.54 Å². The summed E-state index contributed by atoms with van der Waals surface area (Å²) in [5.41, 5.74) is 0. The Morgan fingerprint density at radius 3 is 1.85 bits per heavy atom. The first-order chi connectivity index (χ1) is 6.28. The zero-order valence-electron chi connectivity index (χ0n) is 8.02. The van der Waals surface area contributed by atoms with E-state index >= 15 is 0 Å². The summed E-state index contributed by atoms with van der Waals surface area (Å²) >= 11 is 0. The molecule has 0 fully saturated rings. The van der Waals surface area contributed by atoms with Crippen LogP contribution in [0.15, 0.2) is 25.3 Å². The second-order valence-corrected chi connectivity index (χ2v) is 2.88. The van der Waals surface area contributed by atoms with Gasteiger partial charge in [-0.2, -0.15) is 0 Å². The highest BCUT2D eigenvalue weighted by Gasteiger charge is 2.07. The van der Waals surface area contributed by atoms with Crippen LogP contribution in [0.5, 0.6) is 0 Å². The molecule has 0 aromatic heterocycles. The number of hydrogen-bond acceptors (Lipinski definition) is 3. The van der Waals surface area contributed by atoms with E-state index in [-0.39, 0.29) is 19.1 Å². The lowest BCUT2D eigenvalue weighted by atomic mass is 10.1. The molecular weight excluding hydrogens is 166 g/mol. The van der Waals surface area contributed by atoms with Crippen molar-refractivity contribution in [2.75, 3.05) is 32.8 Å². The van der Waals surface area contributed by atoms with Crippen molar-refractivity contribution in [1.82, 2.24) is 4.90 Å². The van der Waals surface area contributed by atoms with Gasteiger partial charge in [0.15, 0.2) is 0 Å². The molecule has 76 valence electrons. The summed E-state index contributed by atoms with van der Waals surface area (Å²) in [7, 11) is 0. The highest BCUT2D eigenvalue weighted by molar-refractivity contribution is 4.93. The molecule has 0 heterocycles. The molecule has 3 nitrogen and oxygen atoms in total. The fraction of sp³-hybridized carbons (Fsp3) is 0.600. The predicted molar refractivity (Wildman–Crippen MR) is 54.5 cm³/mol. The highest BCUT2D eigenvalue weighted by Crippen LogP contribution is 2.02. The molecule has 0 radical (unpaired) electrons. The Morgan fingerprint density at radius 2 is 1.54 bits per heavy atom. The van der Waals surface area contributed by atoms with Gasteiger partial charge in [0.2, 0.25) is 0 Å². The van der Waals surface area contributed by atoms with Crippen molar-refractivity contribution in [2.24, 2.45) is 5.92 Å². The lowest BCUT2D eigenvalue weighted by Gasteiger charge is -2.22. The second-order valence-electron chi connectivity index (χ2n) is 2.88. The van der Waals surface area contributed by atoms with E-state index in [1.807, 2.05) is 17.1 Å². The van der Waals surface area contributed by atoms with Crippen molar-refractivity contribution in [2.45, 2.75) is 0 Å². The molecular formula is C10H19NO2. The van der Waals surface area contributed by atoms with E-state index < -0.39 is 0 Å². The first-order valence-corrected chi connectivity index (χ1v) is 4.47. The summed E-state index contributed by atoms with van der Waals surface area (Å²) in [4.78, 5) is 1.98. The third-order valence-corrected chi connectivity index (χ3v) is 1.91. The van der Waals surface area contributed by atoms with Crippen LogP contribution in [-0.4, -0.2) is 48.0 Å². The van der Waals surface area contributed by atoms with E-state index in [4.69, 9.17) is 10.2 Å². The average molecular weight is 185 g/mol. The van der Waals surface area contributed by atoms with Crippen LogP contribution in [0.4, 0.5) is 0 Å². The molecule has 0 aliphatic heterocycles. The SMILES string of the molecule is C=CC(C=C)CN(CCO)CCO. The van der Waals surface area contributed by atoms with E-state index in [1.165, 1.54) is 0 Å². The van der Waals surface area contributed by atoms with Gasteiger partial charge in [0, 0.05) is 25.6 Å². The normalized spacial score (nSPS) is 10.8. The molecule has 0 aliphatic rings. The molecule has 3 heteroatoms. The molecule has 0 bridgehead atoms. The van der Waals surface area contributed by atoms with Gasteiger partial charge < -0.3 is 10.2 Å². The topological polar surface area (TPSA) is 43.7 Å². The fourth-order valence-corrected chi connectivity index (χ4v) is 1.12. The monoisotopic (exact) mass is 185 g/mol. The predicted octanol–water partition coefficient (Wildman–Crippen LogP) is 0.261. The molecule has 13 heavy (non-hydrogen) atoms. The molecule has 0 unspecified atom stereocenters. The summed E-state index contributed by atoms with van der Waals surface area (Å²) < 4.78 is 0. The van der Waals surface area contributed by atoms with Crippen LogP contribution in [0.3, 0.4) is 0 Å². The Kier molecular flexibility index (Phi) is 7.59. The molecule has 0 aliphatic carbocycles. The lowest BCUT2D eigenvalue weighted by molar-refractivity contribution is 0.156. The summed E-state index contributed by atoms with van der Waals surface area (Å²) in [6.07, 6.45) is 3.63. The quantitative estimate of drug-likeness (QED) is 0.533. The van der Waals surface area contributed by atoms with Crippen LogP contribution in [0, 0.1) is 5.92 Å². The maximum atomic E-state index is 8.75. The minimum Gasteiger partial charge on any atom is -0.395 e. The zero-order valence-corrected chi connectivity index (χ0v) is 8.02. The average Bonchev–Trinajstić information content (AvgIpc) is 2.14. The van der Waals surface area contributed by atoms with Gasteiger partial charge >= 0.3 is 0 Å². The number of hydrogen-bond donors (Lipinski definition) is 2. The van der Waals surface area contributed by atoms with Crippen LogP contribution >= 0.6 is 0 Å². The van der Waals surface area contributed by atoms with Crippen LogP contribution in [0.25, 0.3) is 0 Å². The van der Waals surface area contributed by atoms with Crippen LogP contribution in [0.2, 0.25) is 0 Å². The van der Waals surface area contributed by atoms with Crippen molar-refractivity contribution in [3.63, 3.8) is 0 Å². The smallest absolute Gasteiger partial charge is 0.0558 e. The standard InChI is InChI=1S/C10H19NO2/c1-3-10(4-2)9-11(5-7-12)6-8-13/h3-4,10,12-13H,1-2,5-9H2. The number of aliphatic hydroxyl groups excluding tert-OH is 2. The minimum atomic E-state index is 0.112. The van der Waals surface area contributed by atoms with E-state index in [0.29, 0.717) is 13.1 Å². The van der Waals surface area contributed by atoms with E-state index in [9.17, 15) is 0 Å². The van der Waals surface area contributed by atoms with Gasteiger partial charge in [-0.3, -0.25) is 4.90 Å². The van der Waals surface area contributed by atoms with Crippen molar-refractivity contribution in [3.05, 3.63) is 25.3 Å². The Hall–Kier alpha value is -0.640. The van der Waals surface area contributed by atoms with E-state index in [1.54, 1.807) is 0 Å². The third-order valence-electron chi connectivity index (χ3n) is 1.91. The van der Waals surface area contributed by atoms with Crippen LogP contribution in [0.1, 0.15) is 0 Å². The minimum absolute atomic E-state index is 0.112. The Balaban J connectivity index is 3.89. The summed E-state index contributed by atoms with van der Waals surface area (Å²) in [6.45, 7) is 9.51. The molecule has 0 aromatic rings. The molecule has 0 saturated carbocycles. The van der Waals surface area contributed by atoms with Crippen LogP contribution < -0.4 is 0 Å². The Bertz CT molecular complexity index is 134. The number of nitrogens with zero attached hydrogens (tertiary/aromatic N) is 1. The van der Waals surface area contributed by atoms with Crippen molar-refractivity contribution >= 4 is 0 Å². The number of rotatable bonds is 8. The van der Waals surface area contributed by atoms with Gasteiger partial charge in [0.25, 0.3) is 0 Å². The van der Waals surface area contributed by atoms with Gasteiger partial charge in [-0.15, -0.1) is 13.2 Å². The summed E-state index contributed by atoms with van der Waals surface area (Å²) in [5, 5.41) is 17.5. The van der Waals surface area contributed by atoms with Gasteiger partial charge in [-0.1, -0.05) is 12.2 Å². The Labute approximate surface area is 80.0 Å². The third kappa shape index (κ3) is 5.58. The maximum absolute atomic E-state index is 8.75. The van der Waals surface area contributed by atoms with Crippen molar-refractivity contribution in [1.29, 1.82) is 0 Å². The highest BCUT2D eigenvalue weighted by atomic mass is 16.3. The van der Waals surface area contributed by atoms with Gasteiger partial charge in [-0.05, 0) is 0 Å².